The van der Waals surface area contributed by atoms with Crippen LogP contribution in [-0.2, 0) is 4.74 Å². The number of aliphatic hydroxyl groups is 1. The van der Waals surface area contributed by atoms with Crippen LogP contribution in [0.5, 0.6) is 0 Å². The van der Waals surface area contributed by atoms with Gasteiger partial charge in [0.1, 0.15) is 11.6 Å². The van der Waals surface area contributed by atoms with Crippen molar-refractivity contribution >= 4 is 12.1 Å². The number of aliphatic hydroxyl groups excluding tert-OH is 1. The summed E-state index contributed by atoms with van der Waals surface area (Å²) in [4.78, 5) is 27.2. The number of piperidine rings is 1. The first-order chi connectivity index (χ1) is 18.2. The smallest absolute Gasteiger partial charge is 0.407 e. The van der Waals surface area contributed by atoms with E-state index >= 15 is 0 Å². The fraction of sp³-hybridized carbons (Fsp3) is 0.704. The number of hydrogen-bond acceptors (Lipinski definition) is 5. The van der Waals surface area contributed by atoms with Gasteiger partial charge >= 0.3 is 12.1 Å². The number of hydrogen-bond donors (Lipinski definition) is 4. The van der Waals surface area contributed by atoms with Crippen molar-refractivity contribution in [3.63, 3.8) is 0 Å². The third-order valence-corrected chi connectivity index (χ3v) is 7.72. The molecule has 1 aliphatic carbocycles. The van der Waals surface area contributed by atoms with Crippen molar-refractivity contribution in [3.8, 4) is 0 Å². The maximum Gasteiger partial charge on any atom is 0.407 e. The van der Waals surface area contributed by atoms with Crippen molar-refractivity contribution in [1.82, 2.24) is 20.4 Å². The van der Waals surface area contributed by atoms with Gasteiger partial charge in [-0.2, -0.15) is 0 Å². The van der Waals surface area contributed by atoms with Crippen LogP contribution in [0.3, 0.4) is 0 Å². The predicted molar refractivity (Wildman–Crippen MR) is 139 cm³/mol. The van der Waals surface area contributed by atoms with Gasteiger partial charge in [0.15, 0.2) is 0 Å². The molecule has 1 aromatic carbocycles. The van der Waals surface area contributed by atoms with Gasteiger partial charge in [-0.25, -0.2) is 18.4 Å². The molecule has 3 amide bonds. The zero-order valence-electron chi connectivity index (χ0n) is 22.4. The highest BCUT2D eigenvalue weighted by Gasteiger charge is 2.34. The lowest BCUT2D eigenvalue weighted by Gasteiger charge is -2.39. The first kappa shape index (κ1) is 30.0. The minimum absolute atomic E-state index is 0.0338. The number of ether oxygens (including phenoxy) is 1. The number of rotatable bonds is 11. The SMILES string of the molecule is CNCC(NC(=O)N1CCCC(C(OCCN(C)C(=O)O)c2cc(F)cc(F)c2)C1)C(O)C1CCCCC1. The lowest BCUT2D eigenvalue weighted by Crippen LogP contribution is -2.56. The summed E-state index contributed by atoms with van der Waals surface area (Å²) in [5.74, 6) is -1.56. The quantitative estimate of drug-likeness (QED) is 0.341. The summed E-state index contributed by atoms with van der Waals surface area (Å²) in [7, 11) is 3.20. The van der Waals surface area contributed by atoms with Crippen LogP contribution in [0.15, 0.2) is 18.2 Å². The minimum atomic E-state index is -1.10. The molecular formula is C27H42F2N4O5. The molecule has 1 saturated carbocycles. The van der Waals surface area contributed by atoms with E-state index in [-0.39, 0.29) is 31.0 Å². The third-order valence-electron chi connectivity index (χ3n) is 7.72. The number of carbonyl (C=O) groups is 2. The standard InChI is InChI=1S/C27H42F2N4O5/c1-30-16-23(24(34)18-7-4-3-5-8-18)31-26(35)33-10-6-9-19(17-33)25(38-12-11-32(2)27(36)37)20-13-21(28)15-22(29)14-20/h13-15,18-19,23-25,30,34H,3-12,16-17H2,1-2H3,(H,31,35)(H,36,37). The monoisotopic (exact) mass is 540 g/mol. The molecule has 0 radical (unpaired) electrons. The minimum Gasteiger partial charge on any atom is -0.465 e. The van der Waals surface area contributed by atoms with Crippen LogP contribution in [0.25, 0.3) is 0 Å². The van der Waals surface area contributed by atoms with E-state index < -0.39 is 36.0 Å². The summed E-state index contributed by atoms with van der Waals surface area (Å²) in [5, 5.41) is 26.2. The Balaban J connectivity index is 1.70. The fourth-order valence-electron chi connectivity index (χ4n) is 5.63. The van der Waals surface area contributed by atoms with Crippen molar-refractivity contribution in [2.24, 2.45) is 11.8 Å². The largest absolute Gasteiger partial charge is 0.465 e. The number of nitrogens with one attached hydrogen (secondary N) is 2. The molecular weight excluding hydrogens is 498 g/mol. The Kier molecular flexibility index (Phi) is 11.5. The number of likely N-dealkylation sites (N-methyl/N-ethyl adjacent to an activating group) is 2. The molecule has 4 unspecified atom stereocenters. The topological polar surface area (TPSA) is 114 Å². The van der Waals surface area contributed by atoms with Gasteiger partial charge in [-0.1, -0.05) is 19.3 Å². The number of carboxylic acid groups (broad SMARTS) is 1. The molecule has 1 heterocycles. The molecule has 2 aliphatic rings. The summed E-state index contributed by atoms with van der Waals surface area (Å²) >= 11 is 0. The Morgan fingerprint density at radius 2 is 1.76 bits per heavy atom. The maximum absolute atomic E-state index is 14.1. The molecule has 9 nitrogen and oxygen atoms in total. The van der Waals surface area contributed by atoms with Gasteiger partial charge in [0, 0.05) is 45.2 Å². The number of carbonyl (C=O) groups excluding carboxylic acids is 1. The second-order valence-corrected chi connectivity index (χ2v) is 10.5. The number of likely N-dealkylation sites (tertiary alicyclic amines) is 1. The summed E-state index contributed by atoms with van der Waals surface area (Å²) < 4.78 is 34.2. The van der Waals surface area contributed by atoms with Crippen LogP contribution >= 0.6 is 0 Å². The van der Waals surface area contributed by atoms with Crippen molar-refractivity contribution in [2.75, 3.05) is 46.9 Å². The van der Waals surface area contributed by atoms with E-state index in [4.69, 9.17) is 9.84 Å². The molecule has 2 fully saturated rings. The van der Waals surface area contributed by atoms with Crippen molar-refractivity contribution < 1.29 is 33.3 Å². The zero-order chi connectivity index (χ0) is 27.7. The summed E-state index contributed by atoms with van der Waals surface area (Å²) in [6.07, 6.45) is 4.11. The number of nitrogens with zero attached hydrogens (tertiary/aromatic N) is 2. The molecule has 1 aromatic rings. The highest BCUT2D eigenvalue weighted by Crippen LogP contribution is 2.34. The van der Waals surface area contributed by atoms with Gasteiger partial charge in [0.25, 0.3) is 0 Å². The van der Waals surface area contributed by atoms with E-state index in [1.165, 1.54) is 25.6 Å². The van der Waals surface area contributed by atoms with Crippen LogP contribution in [0.1, 0.15) is 56.6 Å². The number of benzene rings is 1. The Bertz CT molecular complexity index is 897. The maximum atomic E-state index is 14.1. The molecule has 1 aliphatic heterocycles. The van der Waals surface area contributed by atoms with Gasteiger partial charge in [0.05, 0.1) is 24.9 Å². The van der Waals surface area contributed by atoms with Crippen molar-refractivity contribution in [3.05, 3.63) is 35.4 Å². The fourth-order valence-corrected chi connectivity index (χ4v) is 5.63. The van der Waals surface area contributed by atoms with Crippen LogP contribution in [0, 0.1) is 23.5 Å². The molecule has 3 rings (SSSR count). The summed E-state index contributed by atoms with van der Waals surface area (Å²) in [6.45, 7) is 1.37. The van der Waals surface area contributed by atoms with Crippen LogP contribution in [0.4, 0.5) is 18.4 Å². The van der Waals surface area contributed by atoms with Crippen LogP contribution in [-0.4, -0.2) is 91.2 Å². The normalized spacial score (nSPS) is 21.0. The van der Waals surface area contributed by atoms with E-state index in [0.717, 1.165) is 36.6 Å². The molecule has 1 saturated heterocycles. The summed E-state index contributed by atoms with van der Waals surface area (Å²) in [5.41, 5.74) is 0.313. The first-order valence-electron chi connectivity index (χ1n) is 13.6. The van der Waals surface area contributed by atoms with Gasteiger partial charge in [-0.3, -0.25) is 0 Å². The molecule has 38 heavy (non-hydrogen) atoms. The van der Waals surface area contributed by atoms with Gasteiger partial charge in [-0.15, -0.1) is 0 Å². The highest BCUT2D eigenvalue weighted by molar-refractivity contribution is 5.74. The molecule has 0 bridgehead atoms. The lowest BCUT2D eigenvalue weighted by molar-refractivity contribution is -0.0164. The Morgan fingerprint density at radius 1 is 1.11 bits per heavy atom. The number of halogens is 2. The zero-order valence-corrected chi connectivity index (χ0v) is 22.4. The second kappa shape index (κ2) is 14.6. The molecule has 0 aromatic heterocycles. The Hall–Kier alpha value is -2.50. The van der Waals surface area contributed by atoms with Gasteiger partial charge in [-0.05, 0) is 56.3 Å². The number of amides is 3. The molecule has 4 atom stereocenters. The summed E-state index contributed by atoms with van der Waals surface area (Å²) in [6, 6.07) is 2.50. The Labute approximate surface area is 223 Å². The Morgan fingerprint density at radius 3 is 2.39 bits per heavy atom. The lowest BCUT2D eigenvalue weighted by atomic mass is 9.82. The van der Waals surface area contributed by atoms with Gasteiger partial charge < -0.3 is 35.4 Å². The molecule has 214 valence electrons. The average molecular weight is 541 g/mol. The molecule has 4 N–H and O–H groups in total. The average Bonchev–Trinajstić information content (AvgIpc) is 2.90. The second-order valence-electron chi connectivity index (χ2n) is 10.5. The predicted octanol–water partition coefficient (Wildman–Crippen LogP) is 3.58. The third kappa shape index (κ3) is 8.51. The van der Waals surface area contributed by atoms with E-state index in [0.29, 0.717) is 38.0 Å². The van der Waals surface area contributed by atoms with Crippen molar-refractivity contribution in [1.29, 1.82) is 0 Å². The molecule has 11 heteroatoms. The van der Waals surface area contributed by atoms with E-state index in [2.05, 4.69) is 10.6 Å². The van der Waals surface area contributed by atoms with E-state index in [1.54, 1.807) is 11.9 Å². The van der Waals surface area contributed by atoms with Crippen molar-refractivity contribution in [2.45, 2.75) is 63.2 Å². The van der Waals surface area contributed by atoms with Crippen LogP contribution < -0.4 is 10.6 Å². The number of urea groups is 1. The highest BCUT2D eigenvalue weighted by atomic mass is 19.1. The van der Waals surface area contributed by atoms with Gasteiger partial charge in [0.2, 0.25) is 0 Å². The van der Waals surface area contributed by atoms with E-state index in [1.807, 2.05) is 0 Å². The van der Waals surface area contributed by atoms with E-state index in [9.17, 15) is 23.5 Å². The first-order valence-corrected chi connectivity index (χ1v) is 13.6. The molecule has 0 spiro atoms. The van der Waals surface area contributed by atoms with Crippen LogP contribution in [0.2, 0.25) is 0 Å².